The topological polar surface area (TPSA) is 133 Å². The Morgan fingerprint density at radius 2 is 1.57 bits per heavy atom. The van der Waals surface area contributed by atoms with E-state index in [0.29, 0.717) is 41.8 Å². The van der Waals surface area contributed by atoms with E-state index in [1.807, 2.05) is 85.8 Å². The predicted octanol–water partition coefficient (Wildman–Crippen LogP) is 6.25. The maximum absolute atomic E-state index is 14.1. The summed E-state index contributed by atoms with van der Waals surface area (Å²) >= 11 is 0. The van der Waals surface area contributed by atoms with Crippen LogP contribution < -0.4 is 11.3 Å². The van der Waals surface area contributed by atoms with E-state index in [1.165, 1.54) is 0 Å². The van der Waals surface area contributed by atoms with E-state index in [0.717, 1.165) is 46.5 Å². The first-order chi connectivity index (χ1) is 22.2. The zero-order valence-corrected chi connectivity index (χ0v) is 26.4. The van der Waals surface area contributed by atoms with Gasteiger partial charge in [-0.15, -0.1) is 0 Å². The van der Waals surface area contributed by atoms with Crippen LogP contribution in [0.15, 0.2) is 97.5 Å². The SMILES string of the molecule is CCCCc1nc(C)c(Cc2nc(C(C)(C)c3ccccc3)no2)c(=O)n1Cc1ccc(-c2ccccc2-c2noc(=O)[nH]2)cc1. The van der Waals surface area contributed by atoms with Crippen molar-refractivity contribution in [3.63, 3.8) is 0 Å². The summed E-state index contributed by atoms with van der Waals surface area (Å²) in [5, 5.41) is 8.14. The van der Waals surface area contributed by atoms with E-state index < -0.39 is 11.2 Å². The molecular formula is C36H36N6O4. The van der Waals surface area contributed by atoms with Crippen molar-refractivity contribution in [1.29, 1.82) is 0 Å². The van der Waals surface area contributed by atoms with Gasteiger partial charge in [0.1, 0.15) is 5.82 Å². The number of nitrogens with zero attached hydrogens (tertiary/aromatic N) is 5. The third kappa shape index (κ3) is 6.24. The monoisotopic (exact) mass is 616 g/mol. The highest BCUT2D eigenvalue weighted by Crippen LogP contribution is 2.31. The molecule has 10 heteroatoms. The number of H-pyrrole nitrogens is 1. The van der Waals surface area contributed by atoms with Gasteiger partial charge in [-0.3, -0.25) is 18.9 Å². The van der Waals surface area contributed by atoms with E-state index in [1.54, 1.807) is 4.57 Å². The number of aromatic amines is 1. The van der Waals surface area contributed by atoms with Gasteiger partial charge in [0.15, 0.2) is 11.6 Å². The van der Waals surface area contributed by atoms with Gasteiger partial charge in [-0.05, 0) is 49.4 Å². The molecular weight excluding hydrogens is 580 g/mol. The van der Waals surface area contributed by atoms with Crippen LogP contribution in [0.5, 0.6) is 0 Å². The van der Waals surface area contributed by atoms with Crippen LogP contribution >= 0.6 is 0 Å². The van der Waals surface area contributed by atoms with Gasteiger partial charge in [-0.25, -0.2) is 9.78 Å². The second-order valence-electron chi connectivity index (χ2n) is 12.0. The summed E-state index contributed by atoms with van der Waals surface area (Å²) in [6, 6.07) is 25.7. The quantitative estimate of drug-likeness (QED) is 0.181. The minimum absolute atomic E-state index is 0.106. The predicted molar refractivity (Wildman–Crippen MR) is 175 cm³/mol. The third-order valence-corrected chi connectivity index (χ3v) is 8.38. The first-order valence-corrected chi connectivity index (χ1v) is 15.5. The van der Waals surface area contributed by atoms with Gasteiger partial charge in [0.2, 0.25) is 5.89 Å². The number of unbranched alkanes of at least 4 members (excludes halogenated alkanes) is 1. The molecule has 0 aliphatic carbocycles. The molecule has 3 heterocycles. The maximum atomic E-state index is 14.1. The zero-order chi connectivity index (χ0) is 32.3. The van der Waals surface area contributed by atoms with E-state index in [2.05, 4.69) is 36.1 Å². The minimum Gasteiger partial charge on any atom is -0.339 e. The smallest absolute Gasteiger partial charge is 0.339 e. The molecule has 0 radical (unpaired) electrons. The van der Waals surface area contributed by atoms with Crippen LogP contribution in [0.1, 0.15) is 73.5 Å². The molecule has 6 rings (SSSR count). The Balaban J connectivity index is 1.30. The highest BCUT2D eigenvalue weighted by atomic mass is 16.5. The molecule has 234 valence electrons. The van der Waals surface area contributed by atoms with Gasteiger partial charge < -0.3 is 4.52 Å². The largest absolute Gasteiger partial charge is 0.439 e. The fraction of sp³-hybridized carbons (Fsp3) is 0.278. The van der Waals surface area contributed by atoms with Crippen molar-refractivity contribution in [3.8, 4) is 22.5 Å². The average Bonchev–Trinajstić information content (AvgIpc) is 3.74. The summed E-state index contributed by atoms with van der Waals surface area (Å²) in [5.74, 6) is 1.47. The summed E-state index contributed by atoms with van der Waals surface area (Å²) in [7, 11) is 0. The first-order valence-electron chi connectivity index (χ1n) is 15.5. The fourth-order valence-electron chi connectivity index (χ4n) is 5.62. The van der Waals surface area contributed by atoms with E-state index in [9.17, 15) is 9.59 Å². The summed E-state index contributed by atoms with van der Waals surface area (Å²) in [6.45, 7) is 8.47. The standard InChI is InChI=1S/C36H36N6O4/c1-5-6-16-30-37-23(2)29(21-31-38-34(41-45-31)36(3,4)26-12-8-7-9-13-26)33(43)42(30)22-24-17-19-25(20-18-24)27-14-10-11-15-28(27)32-39-35(44)46-40-32/h7-15,17-20H,5-6,16,21-22H2,1-4H3,(H,39,40,44). The molecule has 0 saturated heterocycles. The summed E-state index contributed by atoms with van der Waals surface area (Å²) in [5.41, 5.74) is 5.27. The number of rotatable bonds is 11. The molecule has 6 aromatic rings. The van der Waals surface area contributed by atoms with Crippen molar-refractivity contribution in [2.75, 3.05) is 0 Å². The van der Waals surface area contributed by atoms with Crippen LogP contribution in [0, 0.1) is 6.92 Å². The Morgan fingerprint density at radius 1 is 0.848 bits per heavy atom. The number of hydrogen-bond donors (Lipinski definition) is 1. The molecule has 3 aromatic heterocycles. The van der Waals surface area contributed by atoms with E-state index in [4.69, 9.17) is 19.0 Å². The Hall–Kier alpha value is -5.38. The number of hydrogen-bond acceptors (Lipinski definition) is 8. The van der Waals surface area contributed by atoms with Gasteiger partial charge in [0.05, 0.1) is 18.4 Å². The van der Waals surface area contributed by atoms with Crippen LogP contribution in [0.25, 0.3) is 22.5 Å². The lowest BCUT2D eigenvalue weighted by atomic mass is 9.84. The number of aromatic nitrogens is 6. The lowest BCUT2D eigenvalue weighted by Gasteiger charge is -2.20. The summed E-state index contributed by atoms with van der Waals surface area (Å²) < 4.78 is 12.2. The fourth-order valence-corrected chi connectivity index (χ4v) is 5.62. The van der Waals surface area contributed by atoms with Gasteiger partial charge in [-0.1, -0.05) is 103 Å². The number of benzene rings is 3. The van der Waals surface area contributed by atoms with Gasteiger partial charge >= 0.3 is 5.76 Å². The molecule has 46 heavy (non-hydrogen) atoms. The summed E-state index contributed by atoms with van der Waals surface area (Å²) in [4.78, 5) is 37.9. The third-order valence-electron chi connectivity index (χ3n) is 8.38. The normalized spacial score (nSPS) is 11.7. The van der Waals surface area contributed by atoms with Crippen LogP contribution in [0.3, 0.4) is 0 Å². The molecule has 0 aliphatic rings. The van der Waals surface area contributed by atoms with Gasteiger partial charge in [0, 0.05) is 23.2 Å². The van der Waals surface area contributed by atoms with Crippen molar-refractivity contribution in [2.24, 2.45) is 0 Å². The molecule has 0 aliphatic heterocycles. The Kier molecular flexibility index (Phi) is 8.61. The van der Waals surface area contributed by atoms with Crippen molar-refractivity contribution in [3.05, 3.63) is 140 Å². The van der Waals surface area contributed by atoms with Crippen molar-refractivity contribution in [1.82, 2.24) is 29.8 Å². The molecule has 0 amide bonds. The molecule has 1 N–H and O–H groups in total. The molecule has 0 unspecified atom stereocenters. The van der Waals surface area contributed by atoms with Crippen molar-refractivity contribution < 1.29 is 9.05 Å². The molecule has 0 atom stereocenters. The second-order valence-corrected chi connectivity index (χ2v) is 12.0. The summed E-state index contributed by atoms with van der Waals surface area (Å²) in [6.07, 6.45) is 2.81. The van der Waals surface area contributed by atoms with Crippen LogP contribution in [0.4, 0.5) is 0 Å². The van der Waals surface area contributed by atoms with Crippen LogP contribution in [-0.2, 0) is 24.8 Å². The van der Waals surface area contributed by atoms with Gasteiger partial charge in [-0.2, -0.15) is 4.98 Å². The molecule has 0 fully saturated rings. The maximum Gasteiger partial charge on any atom is 0.439 e. The molecule has 0 saturated carbocycles. The van der Waals surface area contributed by atoms with Crippen LogP contribution in [0.2, 0.25) is 0 Å². The van der Waals surface area contributed by atoms with Crippen molar-refractivity contribution in [2.45, 2.75) is 65.3 Å². The van der Waals surface area contributed by atoms with Crippen molar-refractivity contribution >= 4 is 0 Å². The van der Waals surface area contributed by atoms with Gasteiger partial charge in [0.25, 0.3) is 5.56 Å². The molecule has 10 nitrogen and oxygen atoms in total. The van der Waals surface area contributed by atoms with Crippen LogP contribution in [-0.4, -0.2) is 29.8 Å². The number of nitrogens with one attached hydrogen (secondary N) is 1. The highest BCUT2D eigenvalue weighted by Gasteiger charge is 2.29. The number of aryl methyl sites for hydroxylation is 2. The molecule has 3 aromatic carbocycles. The average molecular weight is 617 g/mol. The highest BCUT2D eigenvalue weighted by molar-refractivity contribution is 5.80. The van der Waals surface area contributed by atoms with E-state index in [-0.39, 0.29) is 12.0 Å². The minimum atomic E-state index is -0.605. The lowest BCUT2D eigenvalue weighted by molar-refractivity contribution is 0.370. The first kappa shape index (κ1) is 30.6. The van der Waals surface area contributed by atoms with E-state index >= 15 is 0 Å². The Morgan fingerprint density at radius 3 is 2.26 bits per heavy atom. The molecule has 0 spiro atoms. The second kappa shape index (κ2) is 12.9. The Bertz CT molecular complexity index is 2070. The Labute approximate surface area is 266 Å². The lowest BCUT2D eigenvalue weighted by Crippen LogP contribution is -2.30. The molecule has 0 bridgehead atoms. The zero-order valence-electron chi connectivity index (χ0n) is 26.4.